The van der Waals surface area contributed by atoms with E-state index in [1.54, 1.807) is 0 Å². The first-order valence-corrected chi connectivity index (χ1v) is 21.0. The van der Waals surface area contributed by atoms with Gasteiger partial charge in [-0.15, -0.1) is 0 Å². The molecule has 1 heterocycles. The number of hydrogen-bond donors (Lipinski definition) is 0. The van der Waals surface area contributed by atoms with Gasteiger partial charge in [0, 0.05) is 21.6 Å². The molecule has 0 aliphatic heterocycles. The predicted octanol–water partition coefficient (Wildman–Crippen LogP) is 16.7. The van der Waals surface area contributed by atoms with Crippen molar-refractivity contribution < 1.29 is 4.42 Å². The van der Waals surface area contributed by atoms with Gasteiger partial charge >= 0.3 is 0 Å². The summed E-state index contributed by atoms with van der Waals surface area (Å²) in [5.74, 6) is 0. The molecule has 1 nitrogen and oxygen atoms in total. The average Bonchev–Trinajstić information content (AvgIpc) is 3.81. The van der Waals surface area contributed by atoms with Crippen molar-refractivity contribution in [3.63, 3.8) is 0 Å². The zero-order chi connectivity index (χ0) is 39.7. The van der Waals surface area contributed by atoms with Crippen molar-refractivity contribution in [1.29, 1.82) is 0 Å². The Balaban J connectivity index is 0.959. The van der Waals surface area contributed by atoms with E-state index in [1.807, 2.05) is 0 Å². The number of benzene rings is 11. The van der Waals surface area contributed by atoms with Crippen LogP contribution < -0.4 is 0 Å². The van der Waals surface area contributed by atoms with E-state index >= 15 is 0 Å². The van der Waals surface area contributed by atoms with Crippen molar-refractivity contribution in [1.82, 2.24) is 0 Å². The lowest BCUT2D eigenvalue weighted by atomic mass is 9.80. The van der Waals surface area contributed by atoms with Crippen LogP contribution in [0.3, 0.4) is 0 Å². The molecule has 1 aromatic heterocycles. The van der Waals surface area contributed by atoms with Crippen LogP contribution in [0.1, 0.15) is 25.0 Å². The Morgan fingerprint density at radius 1 is 0.333 bits per heavy atom. The lowest BCUT2D eigenvalue weighted by Crippen LogP contribution is -2.14. The van der Waals surface area contributed by atoms with Crippen molar-refractivity contribution in [2.45, 2.75) is 19.3 Å². The first-order chi connectivity index (χ1) is 29.5. The fraction of sp³-hybridized carbons (Fsp3) is 0.0508. The van der Waals surface area contributed by atoms with Crippen molar-refractivity contribution in [3.8, 4) is 44.5 Å². The molecule has 0 spiro atoms. The summed E-state index contributed by atoms with van der Waals surface area (Å²) in [4.78, 5) is 0. The van der Waals surface area contributed by atoms with Crippen LogP contribution >= 0.6 is 0 Å². The third-order valence-electron chi connectivity index (χ3n) is 13.6. The largest absolute Gasteiger partial charge is 0.455 e. The van der Waals surface area contributed by atoms with Gasteiger partial charge in [0.25, 0.3) is 0 Å². The van der Waals surface area contributed by atoms with Gasteiger partial charge in [-0.3, -0.25) is 0 Å². The molecule has 0 saturated carbocycles. The van der Waals surface area contributed by atoms with E-state index in [0.717, 1.165) is 16.6 Å². The number of furan rings is 1. The van der Waals surface area contributed by atoms with Crippen molar-refractivity contribution in [2.75, 3.05) is 0 Å². The molecule has 0 atom stereocenters. The Kier molecular flexibility index (Phi) is 6.85. The van der Waals surface area contributed by atoms with Crippen LogP contribution in [0.2, 0.25) is 0 Å². The van der Waals surface area contributed by atoms with E-state index < -0.39 is 0 Å². The third-order valence-corrected chi connectivity index (χ3v) is 13.6. The quantitative estimate of drug-likeness (QED) is 0.129. The van der Waals surface area contributed by atoms with E-state index in [4.69, 9.17) is 4.42 Å². The number of rotatable bonds is 3. The SMILES string of the molecule is CC1(C)c2ccccc2-c2ccc(-c3c4ccccc4c(-c4ccc(-c5ccc6c(c5)c5ccccc5c5c6oc6ccc7ccccc7c65)cc4)c4ccccc34)cc21. The Morgan fingerprint density at radius 3 is 1.62 bits per heavy atom. The molecule has 280 valence electrons. The molecule has 0 unspecified atom stereocenters. The Morgan fingerprint density at radius 2 is 0.883 bits per heavy atom. The Hall–Kier alpha value is -7.48. The molecular formula is C59H38O. The summed E-state index contributed by atoms with van der Waals surface area (Å²) >= 11 is 0. The highest BCUT2D eigenvalue weighted by Gasteiger charge is 2.35. The second-order valence-electron chi connectivity index (χ2n) is 17.1. The molecule has 1 aliphatic rings. The summed E-state index contributed by atoms with van der Waals surface area (Å²) in [6, 6.07) is 71.8. The standard InChI is InChI=1S/C59H38O/c1-59(2)51-22-12-11-16-42(51)43-30-28-39(34-52(43)59)55-47-20-9-7-18-45(47)54(46-19-8-10-21-48(46)55)37-25-23-35(24-26-37)38-27-31-49-50(33-38)41-15-5-6-17-44(41)57-56-40-14-4-3-13-36(40)29-32-53(56)60-58(49)57/h3-34H,1-2H3. The maximum Gasteiger partial charge on any atom is 0.143 e. The zero-order valence-corrected chi connectivity index (χ0v) is 33.4. The highest BCUT2D eigenvalue weighted by molar-refractivity contribution is 6.34. The van der Waals surface area contributed by atoms with Crippen molar-refractivity contribution in [2.24, 2.45) is 0 Å². The molecule has 1 aliphatic carbocycles. The fourth-order valence-electron chi connectivity index (χ4n) is 10.8. The zero-order valence-electron chi connectivity index (χ0n) is 33.4. The summed E-state index contributed by atoms with van der Waals surface area (Å²) in [5.41, 5.74) is 14.7. The smallest absolute Gasteiger partial charge is 0.143 e. The van der Waals surface area contributed by atoms with Gasteiger partial charge in [-0.1, -0.05) is 184 Å². The van der Waals surface area contributed by atoms with Crippen molar-refractivity contribution >= 4 is 75.8 Å². The van der Waals surface area contributed by atoms with E-state index in [2.05, 4.69) is 208 Å². The van der Waals surface area contributed by atoms with E-state index in [9.17, 15) is 0 Å². The molecule has 12 aromatic rings. The molecule has 0 bridgehead atoms. The topological polar surface area (TPSA) is 13.1 Å². The minimum atomic E-state index is -0.0671. The van der Waals surface area contributed by atoms with Crippen LogP contribution in [0.5, 0.6) is 0 Å². The molecule has 1 heteroatoms. The van der Waals surface area contributed by atoms with Crippen LogP contribution in [0.4, 0.5) is 0 Å². The summed E-state index contributed by atoms with van der Waals surface area (Å²) < 4.78 is 6.74. The molecular weight excluding hydrogens is 725 g/mol. The second-order valence-corrected chi connectivity index (χ2v) is 17.1. The first-order valence-electron chi connectivity index (χ1n) is 21.0. The van der Waals surface area contributed by atoms with E-state index in [1.165, 1.54) is 115 Å². The van der Waals surface area contributed by atoms with Gasteiger partial charge in [0.1, 0.15) is 11.2 Å². The Bertz CT molecular complexity index is 3730. The average molecular weight is 763 g/mol. The minimum absolute atomic E-state index is 0.0671. The van der Waals surface area contributed by atoms with Gasteiger partial charge in [-0.05, 0) is 128 Å². The minimum Gasteiger partial charge on any atom is -0.455 e. The van der Waals surface area contributed by atoms with E-state index in [-0.39, 0.29) is 5.41 Å². The summed E-state index contributed by atoms with van der Waals surface area (Å²) in [7, 11) is 0. The highest BCUT2D eigenvalue weighted by Crippen LogP contribution is 2.51. The molecule has 13 rings (SSSR count). The highest BCUT2D eigenvalue weighted by atomic mass is 16.3. The molecule has 0 saturated heterocycles. The molecule has 60 heavy (non-hydrogen) atoms. The van der Waals surface area contributed by atoms with Crippen LogP contribution in [-0.4, -0.2) is 0 Å². The predicted molar refractivity (Wildman–Crippen MR) is 255 cm³/mol. The van der Waals surface area contributed by atoms with Gasteiger partial charge in [-0.25, -0.2) is 0 Å². The summed E-state index contributed by atoms with van der Waals surface area (Å²) in [5, 5.41) is 14.7. The van der Waals surface area contributed by atoms with Crippen LogP contribution in [-0.2, 0) is 5.41 Å². The van der Waals surface area contributed by atoms with Crippen LogP contribution in [0, 0.1) is 0 Å². The van der Waals surface area contributed by atoms with Gasteiger partial charge in [0.15, 0.2) is 0 Å². The second kappa shape index (κ2) is 12.3. The summed E-state index contributed by atoms with van der Waals surface area (Å²) in [6.07, 6.45) is 0. The van der Waals surface area contributed by atoms with Gasteiger partial charge in [-0.2, -0.15) is 0 Å². The maximum absolute atomic E-state index is 6.74. The molecule has 0 N–H and O–H groups in total. The third kappa shape index (κ3) is 4.58. The van der Waals surface area contributed by atoms with Gasteiger partial charge in [0.05, 0.1) is 0 Å². The molecule has 0 amide bonds. The van der Waals surface area contributed by atoms with Crippen LogP contribution in [0.25, 0.3) is 120 Å². The lowest BCUT2D eigenvalue weighted by Gasteiger charge is -2.23. The van der Waals surface area contributed by atoms with Crippen LogP contribution in [0.15, 0.2) is 199 Å². The monoisotopic (exact) mass is 762 g/mol. The normalized spacial score (nSPS) is 13.3. The number of fused-ring (bicyclic) bond motifs is 15. The molecule has 0 radical (unpaired) electrons. The lowest BCUT2D eigenvalue weighted by molar-refractivity contribution is 0.660. The van der Waals surface area contributed by atoms with Gasteiger partial charge in [0.2, 0.25) is 0 Å². The van der Waals surface area contributed by atoms with E-state index in [0.29, 0.717) is 0 Å². The molecule has 11 aromatic carbocycles. The summed E-state index contributed by atoms with van der Waals surface area (Å²) in [6.45, 7) is 4.73. The first kappa shape index (κ1) is 33.5. The maximum atomic E-state index is 6.74. The number of hydrogen-bond acceptors (Lipinski definition) is 1. The Labute approximate surface area is 347 Å². The van der Waals surface area contributed by atoms with Crippen molar-refractivity contribution in [3.05, 3.63) is 205 Å². The van der Waals surface area contributed by atoms with Gasteiger partial charge < -0.3 is 4.42 Å². The fourth-order valence-corrected chi connectivity index (χ4v) is 10.8. The molecule has 0 fully saturated rings.